The number of fused-ring (bicyclic) bond motifs is 2. The van der Waals surface area contributed by atoms with Gasteiger partial charge in [-0.3, -0.25) is 9.69 Å². The number of likely N-dealkylation sites (tertiary alicyclic amines) is 2. The van der Waals surface area contributed by atoms with Crippen molar-refractivity contribution in [1.29, 1.82) is 0 Å². The van der Waals surface area contributed by atoms with Crippen molar-refractivity contribution in [3.8, 4) is 5.19 Å². The highest BCUT2D eigenvalue weighted by molar-refractivity contribution is 7.11. The van der Waals surface area contributed by atoms with Crippen LogP contribution < -0.4 is 4.74 Å². The van der Waals surface area contributed by atoms with Crippen molar-refractivity contribution in [1.82, 2.24) is 19.8 Å². The number of amides is 1. The summed E-state index contributed by atoms with van der Waals surface area (Å²) >= 11 is 1.56. The molecule has 6 rings (SSSR count). The second-order valence-electron chi connectivity index (χ2n) is 9.20. The third-order valence-corrected chi connectivity index (χ3v) is 7.88. The molecule has 2 aliphatic rings. The summed E-state index contributed by atoms with van der Waals surface area (Å²) in [5, 5.41) is 4.62. The molecular formula is C27H28N4O2S. The Labute approximate surface area is 203 Å². The average Bonchev–Trinajstić information content (AvgIpc) is 3.40. The van der Waals surface area contributed by atoms with Crippen LogP contribution in [0.2, 0.25) is 0 Å². The Morgan fingerprint density at radius 2 is 1.53 bits per heavy atom. The summed E-state index contributed by atoms with van der Waals surface area (Å²) in [5.41, 5.74) is 2.55. The first kappa shape index (κ1) is 21.5. The summed E-state index contributed by atoms with van der Waals surface area (Å²) in [6, 6.07) is 16.5. The number of carbonyl (C=O) groups excluding carboxylic acids is 1. The maximum absolute atomic E-state index is 13.8. The summed E-state index contributed by atoms with van der Waals surface area (Å²) in [6.07, 6.45) is 6.16. The molecule has 2 saturated heterocycles. The first-order valence-electron chi connectivity index (χ1n) is 12.1. The van der Waals surface area contributed by atoms with Crippen LogP contribution in [0.25, 0.3) is 21.8 Å². The molecule has 6 nitrogen and oxygen atoms in total. The number of hydrogen-bond donors (Lipinski definition) is 0. The minimum Gasteiger partial charge on any atom is -0.467 e. The SMILES string of the molecule is O=C(c1c2ccccc2nc2ccccc12)N1CCC(N2CCC(Oc3nccs3)CC2)CC1. The number of thiazole rings is 1. The molecule has 1 amide bonds. The van der Waals surface area contributed by atoms with Gasteiger partial charge in [0.1, 0.15) is 6.10 Å². The third-order valence-electron chi connectivity index (χ3n) is 7.22. The largest absolute Gasteiger partial charge is 0.467 e. The molecule has 4 heterocycles. The highest BCUT2D eigenvalue weighted by Crippen LogP contribution is 2.29. The van der Waals surface area contributed by atoms with Gasteiger partial charge in [-0.1, -0.05) is 47.7 Å². The van der Waals surface area contributed by atoms with E-state index in [-0.39, 0.29) is 12.0 Å². The number of ether oxygens (including phenoxy) is 1. The Bertz CT molecular complexity index is 1240. The number of hydrogen-bond acceptors (Lipinski definition) is 6. The third kappa shape index (κ3) is 4.14. The van der Waals surface area contributed by atoms with Gasteiger partial charge in [-0.05, 0) is 37.8 Å². The monoisotopic (exact) mass is 472 g/mol. The molecule has 7 heteroatoms. The van der Waals surface area contributed by atoms with E-state index < -0.39 is 0 Å². The van der Waals surface area contributed by atoms with Crippen molar-refractivity contribution >= 4 is 39.0 Å². The lowest BCUT2D eigenvalue weighted by Crippen LogP contribution is -2.50. The maximum atomic E-state index is 13.8. The van der Waals surface area contributed by atoms with Crippen LogP contribution in [0.5, 0.6) is 5.19 Å². The number of benzene rings is 2. The van der Waals surface area contributed by atoms with Crippen LogP contribution in [-0.4, -0.2) is 64.0 Å². The zero-order chi connectivity index (χ0) is 22.9. The predicted octanol–water partition coefficient (Wildman–Crippen LogP) is 4.99. The highest BCUT2D eigenvalue weighted by atomic mass is 32.1. The van der Waals surface area contributed by atoms with Gasteiger partial charge in [0.15, 0.2) is 0 Å². The number of aromatic nitrogens is 2. The minimum absolute atomic E-state index is 0.129. The van der Waals surface area contributed by atoms with Crippen LogP contribution in [0.15, 0.2) is 60.1 Å². The summed E-state index contributed by atoms with van der Waals surface area (Å²) in [6.45, 7) is 3.69. The fraction of sp³-hybridized carbons (Fsp3) is 0.370. The van der Waals surface area contributed by atoms with Crippen molar-refractivity contribution in [2.24, 2.45) is 0 Å². The van der Waals surface area contributed by atoms with E-state index in [1.165, 1.54) is 0 Å². The van der Waals surface area contributed by atoms with Crippen LogP contribution in [-0.2, 0) is 0 Å². The lowest BCUT2D eigenvalue weighted by molar-refractivity contribution is 0.0426. The molecule has 0 aliphatic carbocycles. The van der Waals surface area contributed by atoms with Gasteiger partial charge in [-0.2, -0.15) is 0 Å². The van der Waals surface area contributed by atoms with E-state index in [4.69, 9.17) is 9.72 Å². The van der Waals surface area contributed by atoms with E-state index in [2.05, 4.69) is 9.88 Å². The molecule has 0 unspecified atom stereocenters. The molecule has 34 heavy (non-hydrogen) atoms. The molecule has 0 saturated carbocycles. The molecule has 2 aromatic heterocycles. The van der Waals surface area contributed by atoms with Gasteiger partial charge in [0.25, 0.3) is 11.1 Å². The van der Waals surface area contributed by atoms with Gasteiger partial charge in [0, 0.05) is 54.6 Å². The summed E-state index contributed by atoms with van der Waals surface area (Å²) in [4.78, 5) is 27.4. The number of rotatable bonds is 4. The van der Waals surface area contributed by atoms with Crippen LogP contribution in [0.3, 0.4) is 0 Å². The predicted molar refractivity (Wildman–Crippen MR) is 136 cm³/mol. The molecule has 4 aromatic rings. The van der Waals surface area contributed by atoms with Crippen molar-refractivity contribution in [3.05, 3.63) is 65.7 Å². The molecule has 2 aliphatic heterocycles. The first-order chi connectivity index (χ1) is 16.8. The van der Waals surface area contributed by atoms with Gasteiger partial charge >= 0.3 is 0 Å². The maximum Gasteiger partial charge on any atom is 0.273 e. The van der Waals surface area contributed by atoms with E-state index in [1.807, 2.05) is 58.8 Å². The van der Waals surface area contributed by atoms with Crippen LogP contribution in [0.1, 0.15) is 36.0 Å². The normalized spacial score (nSPS) is 18.5. The van der Waals surface area contributed by atoms with E-state index >= 15 is 0 Å². The molecular weight excluding hydrogens is 444 g/mol. The number of para-hydroxylation sites is 2. The lowest BCUT2D eigenvalue weighted by Gasteiger charge is -2.41. The Morgan fingerprint density at radius 3 is 2.15 bits per heavy atom. The number of nitrogens with zero attached hydrogens (tertiary/aromatic N) is 4. The van der Waals surface area contributed by atoms with Crippen molar-refractivity contribution < 1.29 is 9.53 Å². The zero-order valence-electron chi connectivity index (χ0n) is 19.1. The number of piperidine rings is 2. The van der Waals surface area contributed by atoms with E-state index in [9.17, 15) is 4.79 Å². The Morgan fingerprint density at radius 1 is 0.882 bits per heavy atom. The molecule has 0 bridgehead atoms. The summed E-state index contributed by atoms with van der Waals surface area (Å²) < 4.78 is 6.02. The van der Waals surface area contributed by atoms with Crippen LogP contribution in [0, 0.1) is 0 Å². The molecule has 2 aromatic carbocycles. The molecule has 0 spiro atoms. The first-order valence-corrected chi connectivity index (χ1v) is 13.0. The van der Waals surface area contributed by atoms with Crippen molar-refractivity contribution in [2.45, 2.75) is 37.8 Å². The topological polar surface area (TPSA) is 58.6 Å². The Balaban J connectivity index is 1.13. The van der Waals surface area contributed by atoms with E-state index in [0.717, 1.165) is 84.4 Å². The molecule has 0 radical (unpaired) electrons. The zero-order valence-corrected chi connectivity index (χ0v) is 19.9. The fourth-order valence-corrected chi connectivity index (χ4v) is 5.98. The average molecular weight is 473 g/mol. The van der Waals surface area contributed by atoms with E-state index in [1.54, 1.807) is 17.5 Å². The molecule has 174 valence electrons. The number of carbonyl (C=O) groups is 1. The summed E-state index contributed by atoms with van der Waals surface area (Å²) in [7, 11) is 0. The van der Waals surface area contributed by atoms with Gasteiger partial charge in [-0.15, -0.1) is 0 Å². The fourth-order valence-electron chi connectivity index (χ4n) is 5.43. The highest BCUT2D eigenvalue weighted by Gasteiger charge is 2.31. The quantitative estimate of drug-likeness (QED) is 0.392. The van der Waals surface area contributed by atoms with Crippen LogP contribution in [0.4, 0.5) is 0 Å². The number of pyridine rings is 1. The second-order valence-corrected chi connectivity index (χ2v) is 10.1. The van der Waals surface area contributed by atoms with Crippen molar-refractivity contribution in [2.75, 3.05) is 26.2 Å². The smallest absolute Gasteiger partial charge is 0.273 e. The standard InChI is InChI=1S/C27H28N4O2S/c32-26(25-21-5-1-3-7-23(21)29-24-8-4-2-6-22(24)25)31-14-9-19(10-15-31)30-16-11-20(12-17-30)33-27-28-13-18-34-27/h1-8,13,18-20H,9-12,14-17H2. The molecule has 0 N–H and O–H groups in total. The molecule has 2 fully saturated rings. The van der Waals surface area contributed by atoms with Crippen LogP contribution >= 0.6 is 11.3 Å². The lowest BCUT2D eigenvalue weighted by atomic mass is 9.97. The van der Waals surface area contributed by atoms with Gasteiger partial charge in [0.2, 0.25) is 0 Å². The van der Waals surface area contributed by atoms with Crippen molar-refractivity contribution in [3.63, 3.8) is 0 Å². The minimum atomic E-state index is 0.129. The van der Waals surface area contributed by atoms with E-state index in [0.29, 0.717) is 6.04 Å². The molecule has 0 atom stereocenters. The van der Waals surface area contributed by atoms with Gasteiger partial charge < -0.3 is 9.64 Å². The second kappa shape index (κ2) is 9.31. The van der Waals surface area contributed by atoms with Gasteiger partial charge in [-0.25, -0.2) is 9.97 Å². The summed E-state index contributed by atoms with van der Waals surface area (Å²) in [5.74, 6) is 0.129. The van der Waals surface area contributed by atoms with Gasteiger partial charge in [0.05, 0.1) is 16.6 Å². The Kier molecular flexibility index (Phi) is 5.89. The Hall–Kier alpha value is -3.03.